The number of amides is 3. The Labute approximate surface area is 173 Å². The highest BCUT2D eigenvalue weighted by molar-refractivity contribution is 7.99. The number of halogens is 1. The van der Waals surface area contributed by atoms with E-state index in [4.69, 9.17) is 11.6 Å². The highest BCUT2D eigenvalue weighted by Crippen LogP contribution is 2.23. The van der Waals surface area contributed by atoms with Gasteiger partial charge in [-0.1, -0.05) is 41.9 Å². The van der Waals surface area contributed by atoms with E-state index < -0.39 is 0 Å². The SMILES string of the molecule is CC(NC(=O)CSCCCN1C(=O)c2ccccc2C1=O)c1ccccc1Cl. The molecule has 2 aromatic carbocycles. The zero-order valence-electron chi connectivity index (χ0n) is 15.5. The number of carbonyl (C=O) groups excluding carboxylic acids is 3. The molecular formula is C21H21ClN2O3S. The van der Waals surface area contributed by atoms with Crippen LogP contribution in [0, 0.1) is 0 Å². The van der Waals surface area contributed by atoms with Crippen molar-refractivity contribution in [3.05, 3.63) is 70.2 Å². The van der Waals surface area contributed by atoms with Gasteiger partial charge in [0.25, 0.3) is 11.8 Å². The predicted molar refractivity (Wildman–Crippen MR) is 112 cm³/mol. The van der Waals surface area contributed by atoms with Gasteiger partial charge in [0, 0.05) is 11.6 Å². The number of nitrogens with one attached hydrogen (secondary N) is 1. The molecule has 1 heterocycles. The van der Waals surface area contributed by atoms with Crippen LogP contribution in [0.2, 0.25) is 5.02 Å². The molecule has 1 unspecified atom stereocenters. The number of hydrogen-bond donors (Lipinski definition) is 1. The van der Waals surface area contributed by atoms with E-state index in [1.807, 2.05) is 25.1 Å². The minimum atomic E-state index is -0.239. The summed E-state index contributed by atoms with van der Waals surface area (Å²) in [6.45, 7) is 2.25. The molecule has 1 aliphatic rings. The number of fused-ring (bicyclic) bond motifs is 1. The van der Waals surface area contributed by atoms with Crippen LogP contribution in [0.15, 0.2) is 48.5 Å². The maximum absolute atomic E-state index is 12.3. The average molecular weight is 417 g/mol. The number of carbonyl (C=O) groups is 3. The van der Waals surface area contributed by atoms with Gasteiger partial charge in [0.2, 0.25) is 5.91 Å². The molecular weight excluding hydrogens is 396 g/mol. The summed E-state index contributed by atoms with van der Waals surface area (Å²) < 4.78 is 0. The Balaban J connectivity index is 1.38. The first-order valence-corrected chi connectivity index (χ1v) is 10.6. The van der Waals surface area contributed by atoms with Crippen molar-refractivity contribution in [2.45, 2.75) is 19.4 Å². The van der Waals surface area contributed by atoms with Crippen LogP contribution in [0.5, 0.6) is 0 Å². The molecule has 1 aliphatic heterocycles. The highest BCUT2D eigenvalue weighted by atomic mass is 35.5. The molecule has 7 heteroatoms. The Morgan fingerprint density at radius 1 is 1.07 bits per heavy atom. The van der Waals surface area contributed by atoms with E-state index in [2.05, 4.69) is 5.32 Å². The van der Waals surface area contributed by atoms with Crippen LogP contribution >= 0.6 is 23.4 Å². The van der Waals surface area contributed by atoms with Gasteiger partial charge in [0.1, 0.15) is 0 Å². The lowest BCUT2D eigenvalue weighted by molar-refractivity contribution is -0.119. The molecule has 0 aromatic heterocycles. The Kier molecular flexibility index (Phi) is 6.75. The van der Waals surface area contributed by atoms with E-state index >= 15 is 0 Å². The molecule has 0 fully saturated rings. The van der Waals surface area contributed by atoms with Gasteiger partial charge in [-0.25, -0.2) is 0 Å². The van der Waals surface area contributed by atoms with Gasteiger partial charge in [-0.05, 0) is 42.9 Å². The Morgan fingerprint density at radius 3 is 2.32 bits per heavy atom. The first-order valence-electron chi connectivity index (χ1n) is 9.06. The van der Waals surface area contributed by atoms with Crippen molar-refractivity contribution in [3.8, 4) is 0 Å². The lowest BCUT2D eigenvalue weighted by Crippen LogP contribution is -2.31. The minimum Gasteiger partial charge on any atom is -0.349 e. The second-order valence-corrected chi connectivity index (χ2v) is 8.04. The smallest absolute Gasteiger partial charge is 0.261 e. The minimum absolute atomic E-state index is 0.0712. The lowest BCUT2D eigenvalue weighted by Gasteiger charge is -2.16. The second kappa shape index (κ2) is 9.26. The molecule has 2 aromatic rings. The first-order chi connectivity index (χ1) is 13.5. The van der Waals surface area contributed by atoms with Gasteiger partial charge in [0.05, 0.1) is 22.9 Å². The average Bonchev–Trinajstić information content (AvgIpc) is 2.93. The third kappa shape index (κ3) is 4.56. The molecule has 1 N–H and O–H groups in total. The fourth-order valence-electron chi connectivity index (χ4n) is 3.12. The van der Waals surface area contributed by atoms with Gasteiger partial charge >= 0.3 is 0 Å². The van der Waals surface area contributed by atoms with E-state index in [0.29, 0.717) is 40.6 Å². The van der Waals surface area contributed by atoms with Crippen molar-refractivity contribution >= 4 is 41.1 Å². The summed E-state index contributed by atoms with van der Waals surface area (Å²) in [5.74, 6) is 0.449. The fraction of sp³-hybridized carbons (Fsp3) is 0.286. The Hall–Kier alpha value is -2.31. The summed E-state index contributed by atoms with van der Waals surface area (Å²) in [6.07, 6.45) is 0.642. The molecule has 0 aliphatic carbocycles. The third-order valence-corrected chi connectivity index (χ3v) is 5.92. The number of thioether (sulfide) groups is 1. The van der Waals surface area contributed by atoms with E-state index in [-0.39, 0.29) is 23.8 Å². The number of benzene rings is 2. The van der Waals surface area contributed by atoms with Gasteiger partial charge in [0.15, 0.2) is 0 Å². The fourth-order valence-corrected chi connectivity index (χ4v) is 4.16. The van der Waals surface area contributed by atoms with E-state index in [0.717, 1.165) is 5.56 Å². The van der Waals surface area contributed by atoms with Crippen LogP contribution < -0.4 is 5.32 Å². The largest absolute Gasteiger partial charge is 0.349 e. The standard InChI is InChI=1S/C21H21ClN2O3S/c1-14(15-7-4-5-10-18(15)22)23-19(25)13-28-12-6-11-24-20(26)16-8-2-3-9-17(16)21(24)27/h2-5,7-10,14H,6,11-13H2,1H3,(H,23,25). The van der Waals surface area contributed by atoms with Crippen molar-refractivity contribution in [1.82, 2.24) is 10.2 Å². The van der Waals surface area contributed by atoms with Gasteiger partial charge in [-0.3, -0.25) is 19.3 Å². The summed E-state index contributed by atoms with van der Waals surface area (Å²) >= 11 is 7.63. The normalized spacial score (nSPS) is 14.1. The first kappa shape index (κ1) is 20.4. The monoisotopic (exact) mass is 416 g/mol. The third-order valence-electron chi connectivity index (χ3n) is 4.53. The highest BCUT2D eigenvalue weighted by Gasteiger charge is 2.34. The molecule has 0 spiro atoms. The molecule has 1 atom stereocenters. The van der Waals surface area contributed by atoms with Crippen molar-refractivity contribution < 1.29 is 14.4 Å². The van der Waals surface area contributed by atoms with Crippen LogP contribution in [0.25, 0.3) is 0 Å². The van der Waals surface area contributed by atoms with Crippen LogP contribution in [0.3, 0.4) is 0 Å². The van der Waals surface area contributed by atoms with Crippen molar-refractivity contribution in [2.24, 2.45) is 0 Å². The molecule has 0 radical (unpaired) electrons. The molecule has 0 saturated heterocycles. The molecule has 3 rings (SSSR count). The Bertz CT molecular complexity index is 868. The number of hydrogen-bond acceptors (Lipinski definition) is 4. The van der Waals surface area contributed by atoms with E-state index in [9.17, 15) is 14.4 Å². The Morgan fingerprint density at radius 2 is 1.68 bits per heavy atom. The summed E-state index contributed by atoms with van der Waals surface area (Å²) in [5, 5.41) is 3.56. The van der Waals surface area contributed by atoms with E-state index in [1.165, 1.54) is 16.7 Å². The quantitative estimate of drug-likeness (QED) is 0.523. The summed E-state index contributed by atoms with van der Waals surface area (Å²) in [6, 6.07) is 14.1. The van der Waals surface area contributed by atoms with Crippen LogP contribution in [0.4, 0.5) is 0 Å². The van der Waals surface area contributed by atoms with Gasteiger partial charge in [-0.15, -0.1) is 0 Å². The molecule has 0 bridgehead atoms. The zero-order valence-corrected chi connectivity index (χ0v) is 17.1. The summed E-state index contributed by atoms with van der Waals surface area (Å²) in [5.41, 5.74) is 1.81. The maximum atomic E-state index is 12.3. The van der Waals surface area contributed by atoms with Crippen molar-refractivity contribution in [1.29, 1.82) is 0 Å². The van der Waals surface area contributed by atoms with Gasteiger partial charge < -0.3 is 5.32 Å². The van der Waals surface area contributed by atoms with Crippen molar-refractivity contribution in [3.63, 3.8) is 0 Å². The topological polar surface area (TPSA) is 66.5 Å². The predicted octanol–water partition coefficient (Wildman–Crippen LogP) is 3.94. The molecule has 3 amide bonds. The maximum Gasteiger partial charge on any atom is 0.261 e. The summed E-state index contributed by atoms with van der Waals surface area (Å²) in [7, 11) is 0. The second-order valence-electron chi connectivity index (χ2n) is 6.52. The molecule has 28 heavy (non-hydrogen) atoms. The van der Waals surface area contributed by atoms with Gasteiger partial charge in [-0.2, -0.15) is 11.8 Å². The zero-order chi connectivity index (χ0) is 20.1. The van der Waals surface area contributed by atoms with E-state index in [1.54, 1.807) is 30.3 Å². The molecule has 5 nitrogen and oxygen atoms in total. The number of imide groups is 1. The molecule has 146 valence electrons. The van der Waals surface area contributed by atoms with Crippen LogP contribution in [-0.2, 0) is 4.79 Å². The number of nitrogens with zero attached hydrogens (tertiary/aromatic N) is 1. The van der Waals surface area contributed by atoms with Crippen molar-refractivity contribution in [2.75, 3.05) is 18.1 Å². The number of rotatable bonds is 8. The van der Waals surface area contributed by atoms with Crippen LogP contribution in [0.1, 0.15) is 45.7 Å². The van der Waals surface area contributed by atoms with Crippen LogP contribution in [-0.4, -0.2) is 40.7 Å². The summed E-state index contributed by atoms with van der Waals surface area (Å²) in [4.78, 5) is 38.0. The molecule has 0 saturated carbocycles. The lowest BCUT2D eigenvalue weighted by atomic mass is 10.1.